The van der Waals surface area contributed by atoms with Gasteiger partial charge < -0.3 is 10.0 Å². The number of likely N-dealkylation sites (tertiary alicyclic amines) is 1. The van der Waals surface area contributed by atoms with Crippen molar-refractivity contribution < 1.29 is 5.11 Å². The normalized spacial score (nSPS) is 26.8. The van der Waals surface area contributed by atoms with E-state index in [-0.39, 0.29) is 0 Å². The van der Waals surface area contributed by atoms with E-state index in [0.717, 1.165) is 11.8 Å². The van der Waals surface area contributed by atoms with E-state index in [9.17, 15) is 0 Å². The van der Waals surface area contributed by atoms with Crippen molar-refractivity contribution in [1.82, 2.24) is 4.90 Å². The Balaban J connectivity index is 1.56. The van der Waals surface area contributed by atoms with Crippen LogP contribution in [0.25, 0.3) is 0 Å². The number of rotatable bonds is 4. The molecule has 2 nitrogen and oxygen atoms in total. The van der Waals surface area contributed by atoms with Crippen LogP contribution in [0.4, 0.5) is 0 Å². The third-order valence-electron chi connectivity index (χ3n) is 3.41. The summed E-state index contributed by atoms with van der Waals surface area (Å²) in [5, 5.41) is 8.61. The van der Waals surface area contributed by atoms with Crippen molar-refractivity contribution in [2.75, 3.05) is 26.2 Å². The fourth-order valence-corrected chi connectivity index (χ4v) is 2.50. The zero-order chi connectivity index (χ0) is 8.44. The van der Waals surface area contributed by atoms with Crippen LogP contribution >= 0.6 is 0 Å². The maximum Gasteiger partial charge on any atom is 0.0431 e. The number of hydrogen-bond donors (Lipinski definition) is 1. The van der Waals surface area contributed by atoms with Gasteiger partial charge in [0.1, 0.15) is 0 Å². The van der Waals surface area contributed by atoms with Gasteiger partial charge in [-0.1, -0.05) is 6.42 Å². The summed E-state index contributed by atoms with van der Waals surface area (Å²) in [6, 6.07) is 0. The van der Waals surface area contributed by atoms with E-state index in [2.05, 4.69) is 4.90 Å². The zero-order valence-corrected chi connectivity index (χ0v) is 7.76. The molecule has 1 saturated carbocycles. The first kappa shape index (κ1) is 8.52. The second kappa shape index (κ2) is 3.35. The largest absolute Gasteiger partial charge is 0.396 e. The molecule has 2 rings (SSSR count). The van der Waals surface area contributed by atoms with Gasteiger partial charge in [0.15, 0.2) is 0 Å². The van der Waals surface area contributed by atoms with Gasteiger partial charge in [-0.15, -0.1) is 0 Å². The molecule has 12 heavy (non-hydrogen) atoms. The van der Waals surface area contributed by atoms with Crippen molar-refractivity contribution in [2.24, 2.45) is 5.41 Å². The van der Waals surface area contributed by atoms with Gasteiger partial charge >= 0.3 is 0 Å². The topological polar surface area (TPSA) is 23.5 Å². The number of hydrogen-bond acceptors (Lipinski definition) is 2. The first-order chi connectivity index (χ1) is 5.85. The molecule has 1 heterocycles. The minimum Gasteiger partial charge on any atom is -0.396 e. The van der Waals surface area contributed by atoms with E-state index in [1.807, 2.05) is 0 Å². The van der Waals surface area contributed by atoms with Crippen LogP contribution in [0.1, 0.15) is 32.1 Å². The molecular weight excluding hydrogens is 150 g/mol. The Labute approximate surface area is 74.6 Å². The maximum absolute atomic E-state index is 8.61. The quantitative estimate of drug-likeness (QED) is 0.640. The van der Waals surface area contributed by atoms with Crippen LogP contribution < -0.4 is 0 Å². The van der Waals surface area contributed by atoms with Crippen LogP contribution in [0.5, 0.6) is 0 Å². The number of nitrogens with zero attached hydrogens (tertiary/aromatic N) is 1. The fraction of sp³-hybridized carbons (Fsp3) is 1.00. The molecule has 1 aliphatic carbocycles. The van der Waals surface area contributed by atoms with Gasteiger partial charge in [-0.2, -0.15) is 0 Å². The van der Waals surface area contributed by atoms with E-state index < -0.39 is 0 Å². The van der Waals surface area contributed by atoms with Crippen LogP contribution in [0.3, 0.4) is 0 Å². The predicted octanol–water partition coefficient (Wildman–Crippen LogP) is 1.24. The molecule has 1 saturated heterocycles. The van der Waals surface area contributed by atoms with Crippen LogP contribution in [0.2, 0.25) is 0 Å². The summed E-state index contributed by atoms with van der Waals surface area (Å²) < 4.78 is 0. The van der Waals surface area contributed by atoms with Crippen LogP contribution in [0.15, 0.2) is 0 Å². The minimum atomic E-state index is 0.360. The lowest BCUT2D eigenvalue weighted by Gasteiger charge is -2.56. The number of aliphatic hydroxyl groups excluding tert-OH is 1. The maximum atomic E-state index is 8.61. The number of aliphatic hydroxyl groups is 1. The van der Waals surface area contributed by atoms with Crippen LogP contribution in [-0.4, -0.2) is 36.2 Å². The van der Waals surface area contributed by atoms with Crippen molar-refractivity contribution in [3.63, 3.8) is 0 Å². The Bertz CT molecular complexity index is 146. The standard InChI is InChI=1S/C10H19NO/c12-7-2-1-6-11-8-10(9-11)4-3-5-10/h12H,1-9H2. The van der Waals surface area contributed by atoms with Gasteiger partial charge in [-0.25, -0.2) is 0 Å². The van der Waals surface area contributed by atoms with Crippen molar-refractivity contribution in [3.05, 3.63) is 0 Å². The van der Waals surface area contributed by atoms with Gasteiger partial charge in [0.2, 0.25) is 0 Å². The highest BCUT2D eigenvalue weighted by molar-refractivity contribution is 5.00. The molecule has 70 valence electrons. The third-order valence-corrected chi connectivity index (χ3v) is 3.41. The summed E-state index contributed by atoms with van der Waals surface area (Å²) in [5.74, 6) is 0. The lowest BCUT2D eigenvalue weighted by Crippen LogP contribution is -2.59. The Kier molecular flexibility index (Phi) is 2.37. The van der Waals surface area contributed by atoms with Crippen molar-refractivity contribution in [2.45, 2.75) is 32.1 Å². The van der Waals surface area contributed by atoms with Crippen molar-refractivity contribution >= 4 is 0 Å². The molecule has 1 spiro atoms. The van der Waals surface area contributed by atoms with Crippen molar-refractivity contribution in [3.8, 4) is 0 Å². The number of unbranched alkanes of at least 4 members (excludes halogenated alkanes) is 1. The summed E-state index contributed by atoms with van der Waals surface area (Å²) in [4.78, 5) is 2.54. The van der Waals surface area contributed by atoms with Gasteiger partial charge in [0.25, 0.3) is 0 Å². The summed E-state index contributed by atoms with van der Waals surface area (Å²) in [5.41, 5.74) is 0.777. The van der Waals surface area contributed by atoms with Crippen LogP contribution in [0, 0.1) is 5.41 Å². The Morgan fingerprint density at radius 1 is 1.17 bits per heavy atom. The van der Waals surface area contributed by atoms with Gasteiger partial charge in [0, 0.05) is 19.7 Å². The lowest BCUT2D eigenvalue weighted by molar-refractivity contribution is -0.0602. The van der Waals surface area contributed by atoms with E-state index in [0.29, 0.717) is 6.61 Å². The Hall–Kier alpha value is -0.0800. The summed E-state index contributed by atoms with van der Waals surface area (Å²) in [7, 11) is 0. The molecular formula is C10H19NO. The van der Waals surface area contributed by atoms with E-state index in [1.165, 1.54) is 45.3 Å². The molecule has 1 N–H and O–H groups in total. The van der Waals surface area contributed by atoms with E-state index >= 15 is 0 Å². The van der Waals surface area contributed by atoms with Gasteiger partial charge in [-0.3, -0.25) is 0 Å². The molecule has 0 aromatic carbocycles. The predicted molar refractivity (Wildman–Crippen MR) is 49.0 cm³/mol. The first-order valence-electron chi connectivity index (χ1n) is 5.18. The fourth-order valence-electron chi connectivity index (χ4n) is 2.50. The molecule has 0 aromatic rings. The lowest BCUT2D eigenvalue weighted by atomic mass is 9.63. The molecule has 0 aromatic heterocycles. The molecule has 2 aliphatic rings. The van der Waals surface area contributed by atoms with E-state index in [1.54, 1.807) is 0 Å². The molecule has 0 unspecified atom stereocenters. The smallest absolute Gasteiger partial charge is 0.0431 e. The molecule has 0 bridgehead atoms. The molecule has 1 aliphatic heterocycles. The molecule has 2 heteroatoms. The summed E-state index contributed by atoms with van der Waals surface area (Å²) in [6.45, 7) is 4.26. The monoisotopic (exact) mass is 169 g/mol. The summed E-state index contributed by atoms with van der Waals surface area (Å²) >= 11 is 0. The average Bonchev–Trinajstić information content (AvgIpc) is 1.90. The third kappa shape index (κ3) is 1.50. The zero-order valence-electron chi connectivity index (χ0n) is 7.76. The van der Waals surface area contributed by atoms with Crippen LogP contribution in [-0.2, 0) is 0 Å². The highest BCUT2D eigenvalue weighted by atomic mass is 16.2. The highest BCUT2D eigenvalue weighted by Crippen LogP contribution is 2.47. The Morgan fingerprint density at radius 2 is 1.92 bits per heavy atom. The summed E-state index contributed by atoms with van der Waals surface area (Å²) in [6.07, 6.45) is 6.56. The first-order valence-corrected chi connectivity index (χ1v) is 5.18. The molecule has 0 amide bonds. The second-order valence-corrected chi connectivity index (χ2v) is 4.49. The SMILES string of the molecule is OCCCCN1CC2(CCC2)C1. The minimum absolute atomic E-state index is 0.360. The molecule has 0 radical (unpaired) electrons. The Morgan fingerprint density at radius 3 is 2.42 bits per heavy atom. The van der Waals surface area contributed by atoms with Crippen molar-refractivity contribution in [1.29, 1.82) is 0 Å². The molecule has 2 fully saturated rings. The highest BCUT2D eigenvalue weighted by Gasteiger charge is 2.46. The average molecular weight is 169 g/mol. The van der Waals surface area contributed by atoms with E-state index in [4.69, 9.17) is 5.11 Å². The van der Waals surface area contributed by atoms with Gasteiger partial charge in [0.05, 0.1) is 0 Å². The second-order valence-electron chi connectivity index (χ2n) is 4.49. The van der Waals surface area contributed by atoms with Gasteiger partial charge in [-0.05, 0) is 37.6 Å². The molecule has 0 atom stereocenters.